The monoisotopic (exact) mass is 306 g/mol. The quantitative estimate of drug-likeness (QED) is 0.516. The Morgan fingerprint density at radius 1 is 1.00 bits per heavy atom. The van der Waals surface area contributed by atoms with Gasteiger partial charge in [0.15, 0.2) is 0 Å². The molecular weight excluding hydrogens is 304 g/mol. The van der Waals surface area contributed by atoms with Crippen molar-refractivity contribution in [2.24, 2.45) is 0 Å². The Kier molecular flexibility index (Phi) is 235. The minimum atomic E-state index is 0. The van der Waals surface area contributed by atoms with E-state index in [0.29, 0.717) is 0 Å². The van der Waals surface area contributed by atoms with E-state index in [4.69, 9.17) is 0 Å². The predicted octanol–water partition coefficient (Wildman–Crippen LogP) is -0.769. The number of rotatable bonds is 0. The molecule has 0 fully saturated rings. The summed E-state index contributed by atoms with van der Waals surface area (Å²) in [4.78, 5) is 0. The molecule has 8 radical (unpaired) electrons. The van der Waals surface area contributed by atoms with Crippen molar-refractivity contribution in [1.29, 1.82) is 0 Å². The van der Waals surface area contributed by atoms with Crippen molar-refractivity contribution in [2.75, 3.05) is 0 Å². The zero-order valence-electron chi connectivity index (χ0n) is 2.31. The van der Waals surface area contributed by atoms with Crippen LogP contribution in [0.25, 0.3) is 0 Å². The second-order valence-corrected chi connectivity index (χ2v) is 0. The van der Waals surface area contributed by atoms with E-state index in [1.165, 1.54) is 0 Å². The molecule has 0 spiro atoms. The molecule has 0 saturated heterocycles. The van der Waals surface area contributed by atoms with Crippen LogP contribution in [0.2, 0.25) is 0 Å². The third-order valence-corrected chi connectivity index (χ3v) is 0. The van der Waals surface area contributed by atoms with Crippen LogP contribution in [0.4, 0.5) is 0 Å². The van der Waals surface area contributed by atoms with Gasteiger partial charge < -0.3 is 0 Å². The van der Waals surface area contributed by atoms with Gasteiger partial charge in [-0.25, -0.2) is 0 Å². The van der Waals surface area contributed by atoms with Gasteiger partial charge in [-0.05, 0) is 0 Å². The fourth-order valence-electron chi connectivity index (χ4n) is 0. The average molecular weight is 304 g/mol. The first-order valence-corrected chi connectivity index (χ1v) is 0. The van der Waals surface area contributed by atoms with Crippen LogP contribution < -0.4 is 0 Å². The van der Waals surface area contributed by atoms with Crippen molar-refractivity contribution in [3.05, 3.63) is 0 Å². The van der Waals surface area contributed by atoms with E-state index in [1.807, 2.05) is 0 Å². The predicted molar refractivity (Wildman–Crippen MR) is 11.5 cm³/mol. The molecule has 0 aliphatic rings. The van der Waals surface area contributed by atoms with Crippen LogP contribution in [0, 0.1) is 0 Å². The smallest absolute Gasteiger partial charge is 0 e. The van der Waals surface area contributed by atoms with Crippen LogP contribution >= 0.6 is 0 Å². The SMILES string of the molecule is [Al].[Fe].[Mn].[Sn].[Ti]. The summed E-state index contributed by atoms with van der Waals surface area (Å²) in [5.74, 6) is 0. The van der Waals surface area contributed by atoms with E-state index in [-0.39, 0.29) is 97.1 Å². The van der Waals surface area contributed by atoms with Gasteiger partial charge in [-0.15, -0.1) is 0 Å². The summed E-state index contributed by atoms with van der Waals surface area (Å²) < 4.78 is 0. The van der Waals surface area contributed by atoms with Crippen LogP contribution in [0.3, 0.4) is 0 Å². The summed E-state index contributed by atoms with van der Waals surface area (Å²) in [7, 11) is 0. The first-order chi connectivity index (χ1) is 0. The van der Waals surface area contributed by atoms with Gasteiger partial charge in [-0.1, -0.05) is 0 Å². The summed E-state index contributed by atoms with van der Waals surface area (Å²) in [6.07, 6.45) is 0. The van der Waals surface area contributed by atoms with E-state index < -0.39 is 0 Å². The summed E-state index contributed by atoms with van der Waals surface area (Å²) in [5, 5.41) is 0. The first-order valence-electron chi connectivity index (χ1n) is 0. The van der Waals surface area contributed by atoms with Gasteiger partial charge in [0.25, 0.3) is 0 Å². The molecule has 0 amide bonds. The second-order valence-electron chi connectivity index (χ2n) is 0. The van der Waals surface area contributed by atoms with E-state index in [9.17, 15) is 0 Å². The summed E-state index contributed by atoms with van der Waals surface area (Å²) in [6, 6.07) is 0. The van der Waals surface area contributed by atoms with Crippen LogP contribution in [-0.2, 0) is 55.9 Å². The van der Waals surface area contributed by atoms with Gasteiger partial charge in [0.05, 0.1) is 0 Å². The molecule has 0 aliphatic heterocycles. The van der Waals surface area contributed by atoms with Gasteiger partial charge >= 0.3 is 0 Å². The molecule has 26 valence electrons. The van der Waals surface area contributed by atoms with Crippen LogP contribution in [0.1, 0.15) is 0 Å². The third-order valence-electron chi connectivity index (χ3n) is 0. The van der Waals surface area contributed by atoms with E-state index in [0.717, 1.165) is 0 Å². The maximum atomic E-state index is 0. The normalized spacial score (nSPS) is 0. The Hall–Kier alpha value is 3.08. The molecule has 0 atom stereocenters. The van der Waals surface area contributed by atoms with Gasteiger partial charge in [-0.2, -0.15) is 0 Å². The van der Waals surface area contributed by atoms with Crippen LogP contribution in [0.15, 0.2) is 0 Å². The molecule has 0 unspecified atom stereocenters. The van der Waals surface area contributed by atoms with E-state index in [2.05, 4.69) is 0 Å². The van der Waals surface area contributed by atoms with Crippen molar-refractivity contribution >= 4 is 41.3 Å². The molecule has 0 aromatic rings. The molecule has 0 bridgehead atoms. The minimum absolute atomic E-state index is 0. The topological polar surface area (TPSA) is 0 Å². The van der Waals surface area contributed by atoms with Gasteiger partial charge in [0.2, 0.25) is 0 Å². The number of hydrogen-bond donors (Lipinski definition) is 0. The van der Waals surface area contributed by atoms with Crippen molar-refractivity contribution in [1.82, 2.24) is 0 Å². The van der Waals surface area contributed by atoms with Crippen molar-refractivity contribution in [2.45, 2.75) is 0 Å². The minimum Gasteiger partial charge on any atom is 0 e. The van der Waals surface area contributed by atoms with Gasteiger partial charge in [0.1, 0.15) is 0 Å². The first kappa shape index (κ1) is 42.6. The molecule has 0 aliphatic carbocycles. The summed E-state index contributed by atoms with van der Waals surface area (Å²) in [6.45, 7) is 0. The summed E-state index contributed by atoms with van der Waals surface area (Å²) >= 11 is 0. The maximum absolute atomic E-state index is 0. The Bertz CT molecular complexity index is 11.6. The molecule has 0 saturated carbocycles. The standard InChI is InChI=1S/Al.Fe.Mn.Sn.Ti. The number of hydrogen-bond acceptors (Lipinski definition) is 0. The Morgan fingerprint density at radius 2 is 1.00 bits per heavy atom. The van der Waals surface area contributed by atoms with Crippen molar-refractivity contribution < 1.29 is 55.9 Å². The zero-order valence-corrected chi connectivity index (χ0v) is 10.2. The molecule has 0 aromatic carbocycles. The zero-order chi connectivity index (χ0) is 0. The summed E-state index contributed by atoms with van der Waals surface area (Å²) in [5.41, 5.74) is 0. The fourth-order valence-corrected chi connectivity index (χ4v) is 0. The molecule has 0 nitrogen and oxygen atoms in total. The molecule has 5 heteroatoms. The maximum Gasteiger partial charge on any atom is 0 e. The third kappa shape index (κ3) is 19.3. The van der Waals surface area contributed by atoms with Crippen LogP contribution in [-0.4, -0.2) is 41.3 Å². The molecule has 5 heavy (non-hydrogen) atoms. The van der Waals surface area contributed by atoms with E-state index >= 15 is 0 Å². The van der Waals surface area contributed by atoms with E-state index in [1.54, 1.807) is 0 Å². The van der Waals surface area contributed by atoms with Crippen LogP contribution in [0.5, 0.6) is 0 Å². The van der Waals surface area contributed by atoms with Gasteiger partial charge in [0, 0.05) is 97.1 Å². The average Bonchev–Trinajstić information content (AvgIpc) is 0. The van der Waals surface area contributed by atoms with Gasteiger partial charge in [-0.3, -0.25) is 0 Å². The Labute approximate surface area is 95.5 Å². The molecule has 0 heterocycles. The molecule has 0 N–H and O–H groups in total. The van der Waals surface area contributed by atoms with Crippen molar-refractivity contribution in [3.63, 3.8) is 0 Å². The molecule has 0 aromatic heterocycles. The second kappa shape index (κ2) is 27.6. The Balaban J connectivity index is 0. The molecular formula is AlFeMnSnTi. The fraction of sp³-hybridized carbons (Fsp3) is 0. The largest absolute Gasteiger partial charge is 0 e. The Morgan fingerprint density at radius 3 is 1.00 bits per heavy atom. The van der Waals surface area contributed by atoms with Crippen molar-refractivity contribution in [3.8, 4) is 0 Å². The molecule has 0 rings (SSSR count).